The van der Waals surface area contributed by atoms with Gasteiger partial charge >= 0.3 is 0 Å². The van der Waals surface area contributed by atoms with Gasteiger partial charge in [0.15, 0.2) is 0 Å². The third-order valence-electron chi connectivity index (χ3n) is 3.49. The van der Waals surface area contributed by atoms with Gasteiger partial charge in [0.2, 0.25) is 5.91 Å². The lowest BCUT2D eigenvalue weighted by Crippen LogP contribution is -2.40. The number of nitrogens with one attached hydrogen (secondary N) is 2. The van der Waals surface area contributed by atoms with E-state index in [4.69, 9.17) is 0 Å². The summed E-state index contributed by atoms with van der Waals surface area (Å²) in [5.41, 5.74) is 1.67. The van der Waals surface area contributed by atoms with E-state index < -0.39 is 30.8 Å². The van der Waals surface area contributed by atoms with Crippen molar-refractivity contribution in [2.75, 3.05) is 6.54 Å². The molecule has 2 aromatic rings. The Labute approximate surface area is 125 Å². The average molecular weight is 307 g/mol. The number of carbonyl (C=O) groups excluding carboxylic acids is 1. The van der Waals surface area contributed by atoms with Gasteiger partial charge in [0.05, 0.1) is 18.3 Å². The zero-order valence-corrected chi connectivity index (χ0v) is 11.7. The summed E-state index contributed by atoms with van der Waals surface area (Å²) in [6.45, 7) is -0.183. The van der Waals surface area contributed by atoms with E-state index >= 15 is 0 Å². The summed E-state index contributed by atoms with van der Waals surface area (Å²) in [5, 5.41) is 9.23. The van der Waals surface area contributed by atoms with Crippen molar-refractivity contribution in [1.29, 1.82) is 0 Å². The van der Waals surface area contributed by atoms with Crippen LogP contribution in [0, 0.1) is 0 Å². The van der Waals surface area contributed by atoms with Crippen molar-refractivity contribution in [2.24, 2.45) is 0 Å². The van der Waals surface area contributed by atoms with Crippen molar-refractivity contribution in [1.82, 2.24) is 25.4 Å². The van der Waals surface area contributed by atoms with Crippen LogP contribution < -0.4 is 10.6 Å². The largest absolute Gasteiger partial charge is 0.351 e. The number of carbonyl (C=O) groups is 1. The quantitative estimate of drug-likeness (QED) is 0.879. The highest BCUT2D eigenvalue weighted by molar-refractivity contribution is 5.82. The van der Waals surface area contributed by atoms with Gasteiger partial charge in [-0.1, -0.05) is 12.1 Å². The summed E-state index contributed by atoms with van der Waals surface area (Å²) in [4.78, 5) is 15.8. The molecule has 1 atom stereocenters. The smallest absolute Gasteiger partial charge is 0.262 e. The van der Waals surface area contributed by atoms with E-state index in [1.165, 1.54) is 6.33 Å². The number of alkyl halides is 2. The van der Waals surface area contributed by atoms with Crippen LogP contribution in [0.25, 0.3) is 5.69 Å². The molecule has 1 aromatic heterocycles. The molecule has 1 fully saturated rings. The number of amides is 1. The van der Waals surface area contributed by atoms with Crippen LogP contribution in [0.15, 0.2) is 36.9 Å². The first kappa shape index (κ1) is 14.6. The standard InChI is InChI=1S/C14H15F2N5O/c15-14(16)5-12(19-7-14)13(22)18-6-10-2-1-3-11(4-10)21-9-17-8-20-21/h1-4,8-9,12,19H,5-7H2,(H,18,22). The first-order valence-electron chi connectivity index (χ1n) is 6.86. The third kappa shape index (κ3) is 3.28. The Bertz CT molecular complexity index is 659. The molecule has 0 bridgehead atoms. The van der Waals surface area contributed by atoms with Gasteiger partial charge in [0.25, 0.3) is 5.92 Å². The third-order valence-corrected chi connectivity index (χ3v) is 3.49. The Morgan fingerprint density at radius 1 is 1.50 bits per heavy atom. The van der Waals surface area contributed by atoms with E-state index in [1.807, 2.05) is 24.3 Å². The summed E-state index contributed by atoms with van der Waals surface area (Å²) in [6.07, 6.45) is 2.54. The molecule has 1 aromatic carbocycles. The topological polar surface area (TPSA) is 71.8 Å². The summed E-state index contributed by atoms with van der Waals surface area (Å²) in [6, 6.07) is 6.55. The summed E-state index contributed by atoms with van der Waals surface area (Å²) < 4.78 is 27.7. The van der Waals surface area contributed by atoms with Gasteiger partial charge in [-0.25, -0.2) is 18.4 Å². The molecule has 116 valence electrons. The predicted molar refractivity (Wildman–Crippen MR) is 74.6 cm³/mol. The lowest BCUT2D eigenvalue weighted by Gasteiger charge is -2.11. The Kier molecular flexibility index (Phi) is 3.84. The van der Waals surface area contributed by atoms with E-state index in [0.29, 0.717) is 0 Å². The first-order chi connectivity index (χ1) is 10.5. The van der Waals surface area contributed by atoms with Gasteiger partial charge in [0, 0.05) is 13.0 Å². The molecule has 1 amide bonds. The van der Waals surface area contributed by atoms with Crippen LogP contribution in [-0.4, -0.2) is 39.2 Å². The predicted octanol–water partition coefficient (Wildman–Crippen LogP) is 0.881. The minimum absolute atomic E-state index is 0.269. The maximum Gasteiger partial charge on any atom is 0.262 e. The highest BCUT2D eigenvalue weighted by atomic mass is 19.3. The molecule has 0 radical (unpaired) electrons. The van der Waals surface area contributed by atoms with Crippen LogP contribution in [0.4, 0.5) is 8.78 Å². The Balaban J connectivity index is 1.60. The molecule has 0 saturated carbocycles. The Morgan fingerprint density at radius 2 is 2.36 bits per heavy atom. The molecule has 22 heavy (non-hydrogen) atoms. The van der Waals surface area contributed by atoms with Crippen LogP contribution in [0.2, 0.25) is 0 Å². The highest BCUT2D eigenvalue weighted by Gasteiger charge is 2.42. The highest BCUT2D eigenvalue weighted by Crippen LogP contribution is 2.25. The molecule has 3 rings (SSSR count). The first-order valence-corrected chi connectivity index (χ1v) is 6.86. The zero-order valence-electron chi connectivity index (χ0n) is 11.7. The number of halogens is 2. The minimum Gasteiger partial charge on any atom is -0.351 e. The molecular weight excluding hydrogens is 292 g/mol. The van der Waals surface area contributed by atoms with Crippen LogP contribution in [-0.2, 0) is 11.3 Å². The average Bonchev–Trinajstić information content (AvgIpc) is 3.14. The van der Waals surface area contributed by atoms with Crippen LogP contribution in [0.1, 0.15) is 12.0 Å². The van der Waals surface area contributed by atoms with Gasteiger partial charge in [-0.15, -0.1) is 0 Å². The molecule has 8 heteroatoms. The van der Waals surface area contributed by atoms with Gasteiger partial charge in [-0.2, -0.15) is 5.10 Å². The Morgan fingerprint density at radius 3 is 3.05 bits per heavy atom. The van der Waals surface area contributed by atoms with Crippen LogP contribution in [0.5, 0.6) is 0 Å². The van der Waals surface area contributed by atoms with E-state index in [-0.39, 0.29) is 6.54 Å². The summed E-state index contributed by atoms with van der Waals surface area (Å²) in [5.74, 6) is -3.22. The summed E-state index contributed by atoms with van der Waals surface area (Å²) >= 11 is 0. The second-order valence-corrected chi connectivity index (χ2v) is 5.22. The number of rotatable bonds is 4. The zero-order chi connectivity index (χ0) is 15.6. The number of aromatic nitrogens is 3. The molecule has 2 N–H and O–H groups in total. The normalized spacial score (nSPS) is 20.0. The number of hydrogen-bond acceptors (Lipinski definition) is 4. The van der Waals surface area contributed by atoms with E-state index in [2.05, 4.69) is 20.7 Å². The number of benzene rings is 1. The Hall–Kier alpha value is -2.35. The lowest BCUT2D eigenvalue weighted by molar-refractivity contribution is -0.123. The van der Waals surface area contributed by atoms with Gasteiger partial charge in [0.1, 0.15) is 12.7 Å². The second kappa shape index (κ2) is 5.80. The lowest BCUT2D eigenvalue weighted by atomic mass is 10.1. The number of nitrogens with zero attached hydrogens (tertiary/aromatic N) is 3. The van der Waals surface area contributed by atoms with E-state index in [0.717, 1.165) is 11.3 Å². The van der Waals surface area contributed by atoms with Crippen LogP contribution >= 0.6 is 0 Å². The molecule has 1 unspecified atom stereocenters. The molecule has 1 aliphatic rings. The van der Waals surface area contributed by atoms with Crippen molar-refractivity contribution in [3.05, 3.63) is 42.5 Å². The molecule has 6 nitrogen and oxygen atoms in total. The van der Waals surface area contributed by atoms with Crippen molar-refractivity contribution in [3.8, 4) is 5.69 Å². The fourth-order valence-electron chi connectivity index (χ4n) is 2.36. The maximum absolute atomic E-state index is 13.1. The molecule has 0 spiro atoms. The molecule has 1 aliphatic heterocycles. The SMILES string of the molecule is O=C(NCc1cccc(-n2cncn2)c1)C1CC(F)(F)CN1. The maximum atomic E-state index is 13.1. The second-order valence-electron chi connectivity index (χ2n) is 5.22. The van der Waals surface area contributed by atoms with Crippen LogP contribution in [0.3, 0.4) is 0 Å². The monoisotopic (exact) mass is 307 g/mol. The minimum atomic E-state index is -2.81. The van der Waals surface area contributed by atoms with Crippen molar-refractivity contribution in [3.63, 3.8) is 0 Å². The van der Waals surface area contributed by atoms with Gasteiger partial charge in [-0.3, -0.25) is 10.1 Å². The van der Waals surface area contributed by atoms with E-state index in [1.54, 1.807) is 11.0 Å². The number of hydrogen-bond donors (Lipinski definition) is 2. The molecular formula is C14H15F2N5O. The fraction of sp³-hybridized carbons (Fsp3) is 0.357. The summed E-state index contributed by atoms with van der Waals surface area (Å²) in [7, 11) is 0. The van der Waals surface area contributed by atoms with Crippen molar-refractivity contribution < 1.29 is 13.6 Å². The molecule has 1 saturated heterocycles. The molecule has 2 heterocycles. The van der Waals surface area contributed by atoms with Crippen molar-refractivity contribution >= 4 is 5.91 Å². The van der Waals surface area contributed by atoms with Gasteiger partial charge in [-0.05, 0) is 17.7 Å². The van der Waals surface area contributed by atoms with Gasteiger partial charge < -0.3 is 5.32 Å². The molecule has 0 aliphatic carbocycles. The van der Waals surface area contributed by atoms with E-state index in [9.17, 15) is 13.6 Å². The van der Waals surface area contributed by atoms with Crippen molar-refractivity contribution in [2.45, 2.75) is 24.9 Å². The fourth-order valence-corrected chi connectivity index (χ4v) is 2.36.